The maximum atomic E-state index is 13.1. The molecule has 0 bridgehead atoms. The second kappa shape index (κ2) is 7.68. The lowest BCUT2D eigenvalue weighted by Crippen LogP contribution is -2.24. The third-order valence-electron chi connectivity index (χ3n) is 2.16. The van der Waals surface area contributed by atoms with Crippen molar-refractivity contribution in [1.82, 2.24) is 5.32 Å². The fourth-order valence-corrected chi connectivity index (χ4v) is 1.81. The van der Waals surface area contributed by atoms with E-state index in [1.54, 1.807) is 6.07 Å². The zero-order valence-corrected chi connectivity index (χ0v) is 11.2. The number of carbonyl (C=O) groups excluding carboxylic acids is 1. The van der Waals surface area contributed by atoms with Gasteiger partial charge in [0, 0.05) is 28.0 Å². The van der Waals surface area contributed by atoms with Crippen molar-refractivity contribution in [3.8, 4) is 0 Å². The number of carbonyl (C=O) groups is 1. The third kappa shape index (κ3) is 5.16. The van der Waals surface area contributed by atoms with E-state index in [1.807, 2.05) is 0 Å². The highest BCUT2D eigenvalue weighted by molar-refractivity contribution is 9.10. The smallest absolute Gasteiger partial charge is 0.251 e. The highest BCUT2D eigenvalue weighted by Gasteiger charge is 2.07. The van der Waals surface area contributed by atoms with Crippen LogP contribution in [0.1, 0.15) is 23.2 Å². The fourth-order valence-electron chi connectivity index (χ4n) is 1.34. The number of nitrogens with one attached hydrogen (secondary N) is 1. The van der Waals surface area contributed by atoms with Crippen molar-refractivity contribution in [2.24, 2.45) is 5.11 Å². The standard InChI is InChI=1S/C11H12BrFN4O/c12-9-5-8(6-10(13)7-9)11(18)15-3-1-2-4-16-17-14/h5-7H,1-4H2,(H,15,18). The average molecular weight is 315 g/mol. The van der Waals surface area contributed by atoms with Crippen molar-refractivity contribution in [2.45, 2.75) is 12.8 Å². The zero-order chi connectivity index (χ0) is 13.4. The average Bonchev–Trinajstić information content (AvgIpc) is 2.32. The first kappa shape index (κ1) is 14.5. The molecule has 1 amide bonds. The summed E-state index contributed by atoms with van der Waals surface area (Å²) in [5.41, 5.74) is 8.34. The second-order valence-electron chi connectivity index (χ2n) is 3.58. The largest absolute Gasteiger partial charge is 0.352 e. The number of unbranched alkanes of at least 4 members (excludes halogenated alkanes) is 1. The molecule has 96 valence electrons. The Morgan fingerprint density at radius 2 is 2.22 bits per heavy atom. The molecule has 0 saturated heterocycles. The Kier molecular flexibility index (Phi) is 6.18. The van der Waals surface area contributed by atoms with E-state index in [1.165, 1.54) is 12.1 Å². The lowest BCUT2D eigenvalue weighted by molar-refractivity contribution is 0.0952. The fraction of sp³-hybridized carbons (Fsp3) is 0.364. The highest BCUT2D eigenvalue weighted by atomic mass is 79.9. The lowest BCUT2D eigenvalue weighted by Gasteiger charge is -2.05. The maximum Gasteiger partial charge on any atom is 0.251 e. The van der Waals surface area contributed by atoms with Gasteiger partial charge in [0.2, 0.25) is 0 Å². The molecular formula is C11H12BrFN4O. The van der Waals surface area contributed by atoms with Gasteiger partial charge in [0.15, 0.2) is 0 Å². The van der Waals surface area contributed by atoms with Gasteiger partial charge >= 0.3 is 0 Å². The first-order chi connectivity index (χ1) is 8.63. The van der Waals surface area contributed by atoms with Crippen molar-refractivity contribution in [1.29, 1.82) is 0 Å². The number of hydrogen-bond acceptors (Lipinski definition) is 2. The minimum atomic E-state index is -0.460. The molecule has 1 aromatic rings. The molecule has 5 nitrogen and oxygen atoms in total. The van der Waals surface area contributed by atoms with Crippen LogP contribution in [-0.2, 0) is 0 Å². The number of benzene rings is 1. The van der Waals surface area contributed by atoms with Crippen LogP contribution in [-0.4, -0.2) is 19.0 Å². The molecule has 0 radical (unpaired) electrons. The Morgan fingerprint density at radius 3 is 2.89 bits per heavy atom. The van der Waals surface area contributed by atoms with E-state index in [2.05, 4.69) is 31.3 Å². The Morgan fingerprint density at radius 1 is 1.44 bits per heavy atom. The van der Waals surface area contributed by atoms with E-state index in [4.69, 9.17) is 5.53 Å². The van der Waals surface area contributed by atoms with Gasteiger partial charge in [0.05, 0.1) is 0 Å². The summed E-state index contributed by atoms with van der Waals surface area (Å²) in [5.74, 6) is -0.781. The summed E-state index contributed by atoms with van der Waals surface area (Å²) in [6.07, 6.45) is 1.42. The van der Waals surface area contributed by atoms with E-state index in [9.17, 15) is 9.18 Å². The molecule has 0 aliphatic rings. The SMILES string of the molecule is [N-]=[N+]=NCCCCNC(=O)c1cc(F)cc(Br)c1. The second-order valence-corrected chi connectivity index (χ2v) is 4.49. The first-order valence-corrected chi connectivity index (χ1v) is 6.18. The molecule has 0 aromatic heterocycles. The maximum absolute atomic E-state index is 13.1. The quantitative estimate of drug-likeness (QED) is 0.371. The summed E-state index contributed by atoms with van der Waals surface area (Å²) in [6.45, 7) is 0.881. The number of amides is 1. The van der Waals surface area contributed by atoms with E-state index in [0.29, 0.717) is 30.4 Å². The monoisotopic (exact) mass is 314 g/mol. The van der Waals surface area contributed by atoms with Crippen molar-refractivity contribution in [3.05, 3.63) is 44.5 Å². The summed E-state index contributed by atoms with van der Waals surface area (Å²) < 4.78 is 13.6. The Bertz CT molecular complexity index is 454. The molecule has 1 aromatic carbocycles. The zero-order valence-electron chi connectivity index (χ0n) is 9.57. The van der Waals surface area contributed by atoms with E-state index in [0.717, 1.165) is 0 Å². The predicted molar refractivity (Wildman–Crippen MR) is 69.7 cm³/mol. The van der Waals surface area contributed by atoms with Crippen molar-refractivity contribution >= 4 is 21.8 Å². The van der Waals surface area contributed by atoms with Gasteiger partial charge in [-0.2, -0.15) is 0 Å². The van der Waals surface area contributed by atoms with Crippen LogP contribution < -0.4 is 5.32 Å². The molecule has 0 unspecified atom stereocenters. The summed E-state index contributed by atoms with van der Waals surface area (Å²) >= 11 is 3.13. The van der Waals surface area contributed by atoms with Crippen LogP contribution in [0.5, 0.6) is 0 Å². The van der Waals surface area contributed by atoms with E-state index < -0.39 is 5.82 Å². The Hall–Kier alpha value is -1.59. The Labute approximate surface area is 112 Å². The molecule has 18 heavy (non-hydrogen) atoms. The molecule has 7 heteroatoms. The van der Waals surface area contributed by atoms with Crippen LogP contribution in [0, 0.1) is 5.82 Å². The van der Waals surface area contributed by atoms with Gasteiger partial charge in [-0.25, -0.2) is 4.39 Å². The number of rotatable bonds is 6. The summed E-state index contributed by atoms with van der Waals surface area (Å²) in [7, 11) is 0. The van der Waals surface area contributed by atoms with Gasteiger partial charge in [-0.15, -0.1) is 0 Å². The normalized spacial score (nSPS) is 9.67. The van der Waals surface area contributed by atoms with Gasteiger partial charge < -0.3 is 5.32 Å². The van der Waals surface area contributed by atoms with Crippen LogP contribution >= 0.6 is 15.9 Å². The van der Waals surface area contributed by atoms with Crippen molar-refractivity contribution < 1.29 is 9.18 Å². The van der Waals surface area contributed by atoms with Gasteiger partial charge in [-0.05, 0) is 36.6 Å². The molecule has 0 atom stereocenters. The van der Waals surface area contributed by atoms with E-state index >= 15 is 0 Å². The summed E-state index contributed by atoms with van der Waals surface area (Å²) in [4.78, 5) is 14.3. The lowest BCUT2D eigenvalue weighted by atomic mass is 10.2. The number of halogens is 2. The van der Waals surface area contributed by atoms with Crippen molar-refractivity contribution in [3.63, 3.8) is 0 Å². The van der Waals surface area contributed by atoms with Gasteiger partial charge in [-0.3, -0.25) is 4.79 Å². The highest BCUT2D eigenvalue weighted by Crippen LogP contribution is 2.14. The predicted octanol–water partition coefficient (Wildman–Crippen LogP) is 3.41. The molecular weight excluding hydrogens is 303 g/mol. The minimum Gasteiger partial charge on any atom is -0.352 e. The molecule has 0 heterocycles. The topological polar surface area (TPSA) is 77.9 Å². The molecule has 0 spiro atoms. The van der Waals surface area contributed by atoms with Crippen LogP contribution in [0.2, 0.25) is 0 Å². The first-order valence-electron chi connectivity index (χ1n) is 5.38. The molecule has 1 rings (SSSR count). The van der Waals surface area contributed by atoms with Gasteiger partial charge in [0.1, 0.15) is 5.82 Å². The number of hydrogen-bond donors (Lipinski definition) is 1. The van der Waals surface area contributed by atoms with Crippen LogP contribution in [0.25, 0.3) is 10.4 Å². The molecule has 1 N–H and O–H groups in total. The summed E-state index contributed by atoms with van der Waals surface area (Å²) in [6, 6.07) is 4.02. The molecule has 0 fully saturated rings. The van der Waals surface area contributed by atoms with Gasteiger partial charge in [0.25, 0.3) is 5.91 Å². The third-order valence-corrected chi connectivity index (χ3v) is 2.62. The van der Waals surface area contributed by atoms with Crippen LogP contribution in [0.15, 0.2) is 27.8 Å². The molecule has 0 aliphatic carbocycles. The minimum absolute atomic E-state index is 0.275. The van der Waals surface area contributed by atoms with Crippen molar-refractivity contribution in [2.75, 3.05) is 13.1 Å². The van der Waals surface area contributed by atoms with Gasteiger partial charge in [-0.1, -0.05) is 21.0 Å². The number of nitrogens with zero attached hydrogens (tertiary/aromatic N) is 3. The Balaban J connectivity index is 2.38. The van der Waals surface area contributed by atoms with Crippen LogP contribution in [0.4, 0.5) is 4.39 Å². The van der Waals surface area contributed by atoms with E-state index in [-0.39, 0.29) is 11.5 Å². The van der Waals surface area contributed by atoms with Crippen LogP contribution in [0.3, 0.4) is 0 Å². The molecule has 0 saturated carbocycles. The summed E-state index contributed by atoms with van der Waals surface area (Å²) in [5, 5.41) is 6.05. The number of azide groups is 1. The molecule has 0 aliphatic heterocycles.